The Hall–Kier alpha value is -0.980. The minimum Gasteiger partial charge on any atom is -0.377 e. The number of aliphatic imine (C=N–C) groups is 1. The van der Waals surface area contributed by atoms with Gasteiger partial charge >= 0.3 is 0 Å². The van der Waals surface area contributed by atoms with E-state index >= 15 is 0 Å². The van der Waals surface area contributed by atoms with Crippen LogP contribution in [-0.2, 0) is 21.3 Å². The van der Waals surface area contributed by atoms with Crippen molar-refractivity contribution >= 4 is 40.0 Å². The van der Waals surface area contributed by atoms with Crippen LogP contribution in [0.2, 0.25) is 0 Å². The molecule has 2 rings (SSSR count). The molecule has 0 spiro atoms. The number of hydrogen-bond donors (Lipinski definition) is 3. The fraction of sp³-hybridized carbons (Fsp3) is 0.611. The molecule has 7 nitrogen and oxygen atoms in total. The second-order valence-corrected chi connectivity index (χ2v) is 8.52. The highest BCUT2D eigenvalue weighted by Gasteiger charge is 2.17. The van der Waals surface area contributed by atoms with Crippen molar-refractivity contribution in [1.29, 1.82) is 0 Å². The summed E-state index contributed by atoms with van der Waals surface area (Å²) in [5.74, 6) is 0.191. The van der Waals surface area contributed by atoms with Crippen LogP contribution in [0.4, 0.5) is 4.39 Å². The Bertz CT molecular complexity index is 740. The van der Waals surface area contributed by atoms with Crippen LogP contribution in [0.15, 0.2) is 23.2 Å². The summed E-state index contributed by atoms with van der Waals surface area (Å²) >= 11 is 0. The maximum Gasteiger partial charge on any atom is 0.213 e. The molecule has 0 saturated carbocycles. The molecule has 28 heavy (non-hydrogen) atoms. The van der Waals surface area contributed by atoms with Crippen molar-refractivity contribution in [3.05, 3.63) is 35.1 Å². The summed E-state index contributed by atoms with van der Waals surface area (Å²) in [5.41, 5.74) is 1.50. The number of aryl methyl sites for hydroxylation is 1. The lowest BCUT2D eigenvalue weighted by Gasteiger charge is -2.22. The van der Waals surface area contributed by atoms with Gasteiger partial charge in [-0.1, -0.05) is 12.1 Å². The Morgan fingerprint density at radius 3 is 2.75 bits per heavy atom. The van der Waals surface area contributed by atoms with Crippen molar-refractivity contribution in [2.45, 2.75) is 38.8 Å². The van der Waals surface area contributed by atoms with Crippen molar-refractivity contribution < 1.29 is 17.5 Å². The quantitative estimate of drug-likeness (QED) is 0.273. The predicted octanol–water partition coefficient (Wildman–Crippen LogP) is 1.91. The number of guanidine groups is 1. The molecule has 3 N–H and O–H groups in total. The van der Waals surface area contributed by atoms with Crippen LogP contribution >= 0.6 is 24.0 Å². The van der Waals surface area contributed by atoms with Gasteiger partial charge in [0.1, 0.15) is 5.82 Å². The number of ether oxygens (including phenoxy) is 1. The van der Waals surface area contributed by atoms with Gasteiger partial charge in [0.15, 0.2) is 5.96 Å². The van der Waals surface area contributed by atoms with Crippen LogP contribution in [-0.4, -0.2) is 53.0 Å². The SMILES string of the molecule is CN=C(NCCS(=O)(=O)NCC1CCCCO1)NCc1ccc(F)c(C)c1.I. The third-order valence-corrected chi connectivity index (χ3v) is 5.72. The van der Waals surface area contributed by atoms with E-state index in [2.05, 4.69) is 20.3 Å². The summed E-state index contributed by atoms with van der Waals surface area (Å²) < 4.78 is 45.6. The van der Waals surface area contributed by atoms with Crippen molar-refractivity contribution in [1.82, 2.24) is 15.4 Å². The molecule has 160 valence electrons. The van der Waals surface area contributed by atoms with Crippen LogP contribution in [0.25, 0.3) is 0 Å². The summed E-state index contributed by atoms with van der Waals surface area (Å²) in [7, 11) is -1.77. The molecular weight excluding hydrogens is 498 g/mol. The van der Waals surface area contributed by atoms with Gasteiger partial charge in [0, 0.05) is 33.3 Å². The molecule has 1 fully saturated rings. The highest BCUT2D eigenvalue weighted by atomic mass is 127. The maximum atomic E-state index is 13.3. The molecule has 1 atom stereocenters. The van der Waals surface area contributed by atoms with Gasteiger partial charge in [-0.3, -0.25) is 4.99 Å². The highest BCUT2D eigenvalue weighted by molar-refractivity contribution is 14.0. The summed E-state index contributed by atoms with van der Waals surface area (Å²) in [4.78, 5) is 4.07. The maximum absolute atomic E-state index is 13.3. The molecule has 1 aliphatic heterocycles. The molecule has 1 unspecified atom stereocenters. The van der Waals surface area contributed by atoms with Crippen molar-refractivity contribution in [3.63, 3.8) is 0 Å². The van der Waals surface area contributed by atoms with Gasteiger partial charge in [0.05, 0.1) is 11.9 Å². The highest BCUT2D eigenvalue weighted by Crippen LogP contribution is 2.12. The second-order valence-electron chi connectivity index (χ2n) is 6.59. The first kappa shape index (κ1) is 25.1. The molecule has 0 bridgehead atoms. The monoisotopic (exact) mass is 528 g/mol. The predicted molar refractivity (Wildman–Crippen MR) is 120 cm³/mol. The van der Waals surface area contributed by atoms with Gasteiger partial charge in [-0.15, -0.1) is 24.0 Å². The first-order valence-electron chi connectivity index (χ1n) is 9.18. The van der Waals surface area contributed by atoms with Crippen LogP contribution in [0.1, 0.15) is 30.4 Å². The number of sulfonamides is 1. The van der Waals surface area contributed by atoms with E-state index in [1.807, 2.05) is 0 Å². The standard InChI is InChI=1S/C18H29FN4O3S.HI/c1-14-11-15(6-7-17(14)19)12-22-18(20-2)21-8-10-27(24,25)23-13-16-5-3-4-9-26-16;/h6-7,11,16,23H,3-5,8-10,12-13H2,1-2H3,(H2,20,21,22);1H. The number of nitrogens with one attached hydrogen (secondary N) is 3. The fourth-order valence-electron chi connectivity index (χ4n) is 2.79. The Morgan fingerprint density at radius 1 is 1.32 bits per heavy atom. The van der Waals surface area contributed by atoms with E-state index < -0.39 is 10.0 Å². The van der Waals surface area contributed by atoms with Gasteiger partial charge in [-0.25, -0.2) is 17.5 Å². The number of benzene rings is 1. The van der Waals surface area contributed by atoms with Gasteiger partial charge in [0.2, 0.25) is 10.0 Å². The summed E-state index contributed by atoms with van der Waals surface area (Å²) in [6, 6.07) is 4.89. The van der Waals surface area contributed by atoms with Crippen molar-refractivity contribution in [3.8, 4) is 0 Å². The summed E-state index contributed by atoms with van der Waals surface area (Å²) in [6.07, 6.45) is 2.97. The minimum absolute atomic E-state index is 0. The number of nitrogens with zero attached hydrogens (tertiary/aromatic N) is 1. The number of rotatable bonds is 8. The van der Waals surface area contributed by atoms with E-state index in [1.165, 1.54) is 6.07 Å². The largest absolute Gasteiger partial charge is 0.377 e. The average Bonchev–Trinajstić information content (AvgIpc) is 2.66. The first-order valence-corrected chi connectivity index (χ1v) is 10.8. The molecule has 1 aromatic carbocycles. The van der Waals surface area contributed by atoms with Crippen LogP contribution in [0, 0.1) is 12.7 Å². The van der Waals surface area contributed by atoms with Gasteiger partial charge in [-0.05, 0) is 43.4 Å². The third-order valence-electron chi connectivity index (χ3n) is 4.37. The minimum atomic E-state index is -3.38. The molecule has 0 aromatic heterocycles. The Labute approximate surface area is 184 Å². The van der Waals surface area contributed by atoms with E-state index in [4.69, 9.17) is 4.74 Å². The van der Waals surface area contributed by atoms with Crippen molar-refractivity contribution in [2.24, 2.45) is 4.99 Å². The lowest BCUT2D eigenvalue weighted by Crippen LogP contribution is -2.42. The third kappa shape index (κ3) is 9.01. The van der Waals surface area contributed by atoms with Crippen LogP contribution in [0.3, 0.4) is 0 Å². The zero-order valence-corrected chi connectivity index (χ0v) is 19.5. The molecule has 0 aliphatic carbocycles. The molecule has 0 amide bonds. The smallest absolute Gasteiger partial charge is 0.213 e. The topological polar surface area (TPSA) is 91.8 Å². The molecular formula is C18H30FIN4O3S. The molecule has 1 aromatic rings. The lowest BCUT2D eigenvalue weighted by atomic mass is 10.1. The average molecular weight is 528 g/mol. The zero-order chi connectivity index (χ0) is 19.7. The Morgan fingerprint density at radius 2 is 2.11 bits per heavy atom. The fourth-order valence-corrected chi connectivity index (χ4v) is 3.74. The van der Waals surface area contributed by atoms with E-state index in [9.17, 15) is 12.8 Å². The van der Waals surface area contributed by atoms with E-state index in [1.54, 1.807) is 26.1 Å². The Kier molecular flexibility index (Phi) is 11.2. The van der Waals surface area contributed by atoms with E-state index in [0.717, 1.165) is 24.8 Å². The summed E-state index contributed by atoms with van der Waals surface area (Å²) in [6.45, 7) is 3.42. The van der Waals surface area contributed by atoms with Gasteiger partial charge in [-0.2, -0.15) is 0 Å². The number of halogens is 2. The summed E-state index contributed by atoms with van der Waals surface area (Å²) in [5, 5.41) is 6.06. The molecule has 1 aliphatic rings. The second kappa shape index (κ2) is 12.6. The van der Waals surface area contributed by atoms with Gasteiger partial charge < -0.3 is 15.4 Å². The van der Waals surface area contributed by atoms with Crippen LogP contribution in [0.5, 0.6) is 0 Å². The van der Waals surface area contributed by atoms with Gasteiger partial charge in [0.25, 0.3) is 0 Å². The Balaban J connectivity index is 0.00000392. The molecule has 1 heterocycles. The van der Waals surface area contributed by atoms with Crippen molar-refractivity contribution in [2.75, 3.05) is 32.5 Å². The normalized spacial score (nSPS) is 17.7. The molecule has 0 radical (unpaired) electrons. The van der Waals surface area contributed by atoms with E-state index in [-0.39, 0.29) is 48.2 Å². The molecule has 10 heteroatoms. The zero-order valence-electron chi connectivity index (χ0n) is 16.3. The lowest BCUT2D eigenvalue weighted by molar-refractivity contribution is 0.0200. The van der Waals surface area contributed by atoms with Crippen LogP contribution < -0.4 is 15.4 Å². The first-order chi connectivity index (χ1) is 12.9. The molecule has 1 saturated heterocycles. The van der Waals surface area contributed by atoms with E-state index in [0.29, 0.717) is 31.2 Å². The number of hydrogen-bond acceptors (Lipinski definition) is 4.